The van der Waals surface area contributed by atoms with Gasteiger partial charge >= 0.3 is 12.5 Å². The van der Waals surface area contributed by atoms with Crippen LogP contribution in [0.25, 0.3) is 22.4 Å². The molecule has 17 heteroatoms. The molecule has 5 atom stereocenters. The van der Waals surface area contributed by atoms with Crippen LogP contribution in [0.2, 0.25) is 0 Å². The standard InChI is InChI=1S/C43H51F3N8O6/c1-23(2)36(53-41(58)59-7)40(57)54-22-24(3)16-33(54)37-49-21-32(52-37)27-10-8-26(9-11-27)30-14-12-28(17-34(30)60-43(44,45)46)38(55)51-29-13-15-35(48-20-29)47-19-25(4)50-39(56)31-18-42(31,5)6/h8-15,17,20-21,23-25,31,33,36H,16,18-19,22H2,1-7H3,(H,47,48)(H,49,52)(H,50,56)(H,51,55)(H,53,58)/t24-,25-,31+,33-,36-/m0/s1. The molecule has 2 aromatic heterocycles. The highest BCUT2D eigenvalue weighted by Crippen LogP contribution is 2.51. The number of aromatic nitrogens is 3. The molecule has 14 nitrogen and oxygen atoms in total. The van der Waals surface area contributed by atoms with Crippen molar-refractivity contribution in [3.63, 3.8) is 0 Å². The van der Waals surface area contributed by atoms with Gasteiger partial charge in [-0.25, -0.2) is 14.8 Å². The van der Waals surface area contributed by atoms with Gasteiger partial charge in [0.05, 0.1) is 36.9 Å². The maximum Gasteiger partial charge on any atom is 0.573 e. The van der Waals surface area contributed by atoms with Crippen molar-refractivity contribution in [3.8, 4) is 28.1 Å². The summed E-state index contributed by atoms with van der Waals surface area (Å²) in [4.78, 5) is 65.2. The number of aromatic amines is 1. The summed E-state index contributed by atoms with van der Waals surface area (Å²) in [6, 6.07) is 12.5. The third-order valence-electron chi connectivity index (χ3n) is 10.9. The average Bonchev–Trinajstić information content (AvgIpc) is 3.48. The number of halogens is 3. The monoisotopic (exact) mass is 832 g/mol. The quantitative estimate of drug-likeness (QED) is 0.0858. The summed E-state index contributed by atoms with van der Waals surface area (Å²) >= 11 is 0. The van der Waals surface area contributed by atoms with Crippen molar-refractivity contribution in [1.82, 2.24) is 30.5 Å². The Morgan fingerprint density at radius 1 is 0.967 bits per heavy atom. The van der Waals surface area contributed by atoms with E-state index in [9.17, 15) is 32.3 Å². The number of alkyl carbamates (subject to hydrolysis) is 1. The Labute approximate surface area is 346 Å². The van der Waals surface area contributed by atoms with Crippen molar-refractivity contribution in [1.29, 1.82) is 0 Å². The first-order chi connectivity index (χ1) is 28.3. The zero-order chi connectivity index (χ0) is 43.5. The lowest BCUT2D eigenvalue weighted by Crippen LogP contribution is -2.51. The van der Waals surface area contributed by atoms with Crippen LogP contribution >= 0.6 is 0 Å². The predicted molar refractivity (Wildman–Crippen MR) is 219 cm³/mol. The Bertz CT molecular complexity index is 2190. The van der Waals surface area contributed by atoms with Gasteiger partial charge in [-0.15, -0.1) is 13.2 Å². The third kappa shape index (κ3) is 10.5. The van der Waals surface area contributed by atoms with Crippen LogP contribution in [0.4, 0.5) is 29.5 Å². The number of amides is 4. The molecule has 2 fully saturated rings. The van der Waals surface area contributed by atoms with Gasteiger partial charge in [-0.1, -0.05) is 58.9 Å². The van der Waals surface area contributed by atoms with Gasteiger partial charge in [0, 0.05) is 36.2 Å². The molecule has 60 heavy (non-hydrogen) atoms. The SMILES string of the molecule is COC(=O)N[C@H](C(=O)N1C[C@@H](C)C[C@H]1c1ncc(-c2ccc(-c3ccc(C(=O)Nc4ccc(NC[C@H](C)NC(=O)[C@H]5CC5(C)C)nc4)cc3OC(F)(F)F)cc2)[nH]1)C(C)C. The van der Waals surface area contributed by atoms with Gasteiger partial charge in [-0.2, -0.15) is 0 Å². The zero-order valence-electron chi connectivity index (χ0n) is 34.6. The Morgan fingerprint density at radius 2 is 1.67 bits per heavy atom. The summed E-state index contributed by atoms with van der Waals surface area (Å²) in [5, 5.41) is 11.4. The van der Waals surface area contributed by atoms with E-state index >= 15 is 0 Å². The number of alkyl halides is 3. The zero-order valence-corrected chi connectivity index (χ0v) is 34.6. The summed E-state index contributed by atoms with van der Waals surface area (Å²) in [6.45, 7) is 12.6. The second-order valence-electron chi connectivity index (χ2n) is 16.6. The van der Waals surface area contributed by atoms with Gasteiger partial charge in [0.25, 0.3) is 5.91 Å². The molecule has 1 saturated carbocycles. The van der Waals surface area contributed by atoms with Crippen LogP contribution in [0, 0.1) is 23.2 Å². The number of H-pyrrole nitrogens is 1. The summed E-state index contributed by atoms with van der Waals surface area (Å²) in [7, 11) is 1.24. The number of carbonyl (C=O) groups is 4. The normalized spacial score (nSPS) is 19.2. The van der Waals surface area contributed by atoms with E-state index in [0.717, 1.165) is 12.5 Å². The minimum absolute atomic E-state index is 0.0213. The predicted octanol–water partition coefficient (Wildman–Crippen LogP) is 7.54. The van der Waals surface area contributed by atoms with Gasteiger partial charge in [0.2, 0.25) is 11.8 Å². The van der Waals surface area contributed by atoms with Crippen molar-refractivity contribution < 1.29 is 41.8 Å². The molecule has 0 radical (unpaired) electrons. The minimum atomic E-state index is -5.03. The number of rotatable bonds is 14. The van der Waals surface area contributed by atoms with E-state index in [1.807, 2.05) is 27.7 Å². The van der Waals surface area contributed by atoms with Gasteiger partial charge in [0.1, 0.15) is 23.4 Å². The molecule has 320 valence electrons. The van der Waals surface area contributed by atoms with Crippen LogP contribution in [0.1, 0.15) is 76.6 Å². The number of pyridine rings is 1. The van der Waals surface area contributed by atoms with Crippen molar-refractivity contribution >= 4 is 35.3 Å². The van der Waals surface area contributed by atoms with Crippen LogP contribution in [-0.4, -0.2) is 82.3 Å². The second-order valence-corrected chi connectivity index (χ2v) is 16.6. The molecule has 1 aliphatic carbocycles. The van der Waals surface area contributed by atoms with Gasteiger partial charge in [-0.05, 0) is 78.5 Å². The number of anilines is 2. The Morgan fingerprint density at radius 3 is 2.28 bits per heavy atom. The largest absolute Gasteiger partial charge is 0.573 e. The van der Waals surface area contributed by atoms with Crippen molar-refractivity contribution in [2.45, 2.75) is 78.9 Å². The van der Waals surface area contributed by atoms with E-state index in [1.54, 1.807) is 47.5 Å². The van der Waals surface area contributed by atoms with Crippen LogP contribution < -0.4 is 26.0 Å². The third-order valence-corrected chi connectivity index (χ3v) is 10.9. The first-order valence-corrected chi connectivity index (χ1v) is 19.8. The van der Waals surface area contributed by atoms with E-state index in [1.165, 1.54) is 25.4 Å². The maximum absolute atomic E-state index is 13.7. The highest BCUT2D eigenvalue weighted by atomic mass is 19.4. The molecule has 4 amide bonds. The van der Waals surface area contributed by atoms with E-state index in [0.29, 0.717) is 53.7 Å². The minimum Gasteiger partial charge on any atom is -0.453 e. The van der Waals surface area contributed by atoms with Gasteiger partial charge in [0.15, 0.2) is 0 Å². The summed E-state index contributed by atoms with van der Waals surface area (Å²) < 4.78 is 50.1. The lowest BCUT2D eigenvalue weighted by molar-refractivity contribution is -0.274. The summed E-state index contributed by atoms with van der Waals surface area (Å²) in [5.41, 5.74) is 2.12. The van der Waals surface area contributed by atoms with Gasteiger partial charge < -0.3 is 40.6 Å². The summed E-state index contributed by atoms with van der Waals surface area (Å²) in [6.07, 6.45) is -1.16. The highest BCUT2D eigenvalue weighted by Gasteiger charge is 2.50. The molecule has 1 saturated heterocycles. The molecule has 2 aromatic carbocycles. The number of imidazole rings is 1. The molecule has 6 rings (SSSR count). The molecular formula is C43H51F3N8O6. The first-order valence-electron chi connectivity index (χ1n) is 19.8. The number of methoxy groups -OCH3 is 1. The number of hydrogen-bond acceptors (Lipinski definition) is 9. The van der Waals surface area contributed by atoms with E-state index in [4.69, 9.17) is 4.74 Å². The molecule has 2 aliphatic rings. The topological polar surface area (TPSA) is 180 Å². The van der Waals surface area contributed by atoms with Crippen molar-refractivity contribution in [2.75, 3.05) is 30.8 Å². The molecule has 3 heterocycles. The molecule has 0 spiro atoms. The number of benzene rings is 2. The number of carbonyl (C=O) groups excluding carboxylic acids is 4. The fourth-order valence-electron chi connectivity index (χ4n) is 7.36. The maximum atomic E-state index is 13.7. The van der Waals surface area contributed by atoms with E-state index in [2.05, 4.69) is 54.8 Å². The van der Waals surface area contributed by atoms with Crippen molar-refractivity contribution in [3.05, 3.63) is 78.4 Å². The molecule has 0 unspecified atom stereocenters. The fraction of sp³-hybridized carbons (Fsp3) is 0.442. The second kappa shape index (κ2) is 17.6. The number of likely N-dealkylation sites (tertiary alicyclic amines) is 1. The first kappa shape index (κ1) is 43.4. The number of nitrogens with one attached hydrogen (secondary N) is 5. The Kier molecular flexibility index (Phi) is 12.8. The Balaban J connectivity index is 1.11. The van der Waals surface area contributed by atoms with Crippen LogP contribution in [-0.2, 0) is 14.3 Å². The summed E-state index contributed by atoms with van der Waals surface area (Å²) in [5.74, 6) is -0.356. The lowest BCUT2D eigenvalue weighted by atomic mass is 10.00. The van der Waals surface area contributed by atoms with Crippen molar-refractivity contribution in [2.24, 2.45) is 23.2 Å². The van der Waals surface area contributed by atoms with E-state index in [-0.39, 0.29) is 58.2 Å². The number of nitrogens with zero attached hydrogens (tertiary/aromatic N) is 3. The smallest absolute Gasteiger partial charge is 0.453 e. The molecule has 1 aliphatic heterocycles. The highest BCUT2D eigenvalue weighted by molar-refractivity contribution is 6.05. The molecule has 5 N–H and O–H groups in total. The average molecular weight is 833 g/mol. The number of hydrogen-bond donors (Lipinski definition) is 5. The van der Waals surface area contributed by atoms with Crippen LogP contribution in [0.3, 0.4) is 0 Å². The van der Waals surface area contributed by atoms with Crippen LogP contribution in [0.5, 0.6) is 5.75 Å². The van der Waals surface area contributed by atoms with Gasteiger partial charge in [-0.3, -0.25) is 14.4 Å². The molecule has 0 bridgehead atoms. The fourth-order valence-corrected chi connectivity index (χ4v) is 7.36. The molecular weight excluding hydrogens is 782 g/mol. The van der Waals surface area contributed by atoms with Crippen LogP contribution in [0.15, 0.2) is 67.0 Å². The number of ether oxygens (including phenoxy) is 2. The Hall–Kier alpha value is -6.13. The molecule has 4 aromatic rings. The lowest BCUT2D eigenvalue weighted by Gasteiger charge is -2.30. The van der Waals surface area contributed by atoms with E-state index < -0.39 is 30.2 Å².